The van der Waals surface area contributed by atoms with Gasteiger partial charge in [0.05, 0.1) is 0 Å². The lowest BCUT2D eigenvalue weighted by Gasteiger charge is -2.17. The molecule has 2 amide bonds. The fourth-order valence-corrected chi connectivity index (χ4v) is 2.04. The molecule has 16 heavy (non-hydrogen) atoms. The number of unbranched alkanes of at least 4 members (excludes halogenated alkanes) is 1. The minimum absolute atomic E-state index is 0.0324. The van der Waals surface area contributed by atoms with E-state index in [0.29, 0.717) is 0 Å². The molecule has 1 aromatic rings. The van der Waals surface area contributed by atoms with Crippen LogP contribution in [0.5, 0.6) is 0 Å². The number of carbonyl (C=O) groups is 1. The van der Waals surface area contributed by atoms with Crippen LogP contribution in [0.3, 0.4) is 0 Å². The molecule has 0 unspecified atom stereocenters. The van der Waals surface area contributed by atoms with Gasteiger partial charge >= 0.3 is 6.03 Å². The van der Waals surface area contributed by atoms with Crippen LogP contribution in [0.15, 0.2) is 17.5 Å². The maximum absolute atomic E-state index is 11.6. The van der Waals surface area contributed by atoms with Gasteiger partial charge < -0.3 is 10.2 Å². The van der Waals surface area contributed by atoms with Crippen molar-refractivity contribution in [2.75, 3.05) is 20.1 Å². The topological polar surface area (TPSA) is 32.3 Å². The molecule has 1 N–H and O–H groups in total. The third-order valence-electron chi connectivity index (χ3n) is 2.43. The third kappa shape index (κ3) is 4.66. The molecule has 0 bridgehead atoms. The molecule has 4 heteroatoms. The van der Waals surface area contributed by atoms with Gasteiger partial charge in [-0.15, -0.1) is 11.3 Å². The van der Waals surface area contributed by atoms with Crippen molar-refractivity contribution in [3.05, 3.63) is 22.4 Å². The van der Waals surface area contributed by atoms with Crippen molar-refractivity contribution >= 4 is 17.4 Å². The van der Waals surface area contributed by atoms with Gasteiger partial charge in [-0.2, -0.15) is 0 Å². The van der Waals surface area contributed by atoms with E-state index in [4.69, 9.17) is 0 Å². The molecule has 0 aliphatic carbocycles. The second kappa shape index (κ2) is 7.28. The molecule has 0 atom stereocenters. The number of urea groups is 1. The summed E-state index contributed by atoms with van der Waals surface area (Å²) in [5.74, 6) is 0. The molecule has 0 saturated heterocycles. The molecular weight excluding hydrogens is 220 g/mol. The Hall–Kier alpha value is -1.03. The van der Waals surface area contributed by atoms with Gasteiger partial charge in [-0.1, -0.05) is 19.4 Å². The zero-order valence-corrected chi connectivity index (χ0v) is 10.8. The second-order valence-corrected chi connectivity index (χ2v) is 4.87. The molecule has 0 fully saturated rings. The first-order chi connectivity index (χ1) is 7.74. The van der Waals surface area contributed by atoms with Gasteiger partial charge in [-0.3, -0.25) is 0 Å². The fraction of sp³-hybridized carbons (Fsp3) is 0.583. The van der Waals surface area contributed by atoms with E-state index in [0.717, 1.165) is 32.4 Å². The number of hydrogen-bond acceptors (Lipinski definition) is 2. The highest BCUT2D eigenvalue weighted by Crippen LogP contribution is 2.09. The van der Waals surface area contributed by atoms with Gasteiger partial charge in [-0.05, 0) is 24.3 Å². The number of amides is 2. The van der Waals surface area contributed by atoms with Crippen molar-refractivity contribution in [2.24, 2.45) is 0 Å². The number of nitrogens with one attached hydrogen (secondary N) is 1. The van der Waals surface area contributed by atoms with Crippen LogP contribution >= 0.6 is 11.3 Å². The normalized spacial score (nSPS) is 10.1. The number of carbonyl (C=O) groups excluding carboxylic acids is 1. The van der Waals surface area contributed by atoms with Crippen LogP contribution in [-0.2, 0) is 6.42 Å². The van der Waals surface area contributed by atoms with E-state index < -0.39 is 0 Å². The molecule has 0 aliphatic heterocycles. The van der Waals surface area contributed by atoms with Crippen molar-refractivity contribution in [2.45, 2.75) is 26.2 Å². The number of thiophene rings is 1. The molecule has 3 nitrogen and oxygen atoms in total. The van der Waals surface area contributed by atoms with E-state index in [2.05, 4.69) is 23.7 Å². The van der Waals surface area contributed by atoms with Crippen LogP contribution < -0.4 is 5.32 Å². The summed E-state index contributed by atoms with van der Waals surface area (Å²) in [4.78, 5) is 14.7. The van der Waals surface area contributed by atoms with Crippen LogP contribution in [0.4, 0.5) is 4.79 Å². The van der Waals surface area contributed by atoms with Crippen molar-refractivity contribution in [1.82, 2.24) is 10.2 Å². The average molecular weight is 240 g/mol. The van der Waals surface area contributed by atoms with Crippen LogP contribution in [0.1, 0.15) is 24.6 Å². The molecule has 0 saturated carbocycles. The standard InChI is InChI=1S/C12H20N2OS/c1-3-4-8-13-12(15)14(2)9-7-11-6-5-10-16-11/h5-6,10H,3-4,7-9H2,1-2H3,(H,13,15). The lowest BCUT2D eigenvalue weighted by molar-refractivity contribution is 0.209. The molecule has 0 spiro atoms. The molecule has 0 aromatic carbocycles. The Morgan fingerprint density at radius 3 is 3.00 bits per heavy atom. The van der Waals surface area contributed by atoms with E-state index in [1.165, 1.54) is 4.88 Å². The molecule has 0 radical (unpaired) electrons. The highest BCUT2D eigenvalue weighted by Gasteiger charge is 2.07. The van der Waals surface area contributed by atoms with Gasteiger partial charge in [-0.25, -0.2) is 4.79 Å². The Morgan fingerprint density at radius 1 is 1.56 bits per heavy atom. The van der Waals surface area contributed by atoms with E-state index in [1.807, 2.05) is 13.1 Å². The monoisotopic (exact) mass is 240 g/mol. The fourth-order valence-electron chi connectivity index (χ4n) is 1.34. The Bertz CT molecular complexity index is 298. The summed E-state index contributed by atoms with van der Waals surface area (Å²) in [5, 5.41) is 4.97. The Labute approximate surface area is 101 Å². The lowest BCUT2D eigenvalue weighted by Crippen LogP contribution is -2.38. The van der Waals surface area contributed by atoms with Crippen molar-refractivity contribution < 1.29 is 4.79 Å². The maximum atomic E-state index is 11.6. The molecule has 1 aromatic heterocycles. The largest absolute Gasteiger partial charge is 0.338 e. The smallest absolute Gasteiger partial charge is 0.317 e. The Balaban J connectivity index is 2.18. The minimum Gasteiger partial charge on any atom is -0.338 e. The zero-order chi connectivity index (χ0) is 11.8. The minimum atomic E-state index is 0.0324. The van der Waals surface area contributed by atoms with Crippen LogP contribution in [0.25, 0.3) is 0 Å². The lowest BCUT2D eigenvalue weighted by atomic mass is 10.3. The molecular formula is C12H20N2OS. The van der Waals surface area contributed by atoms with Gasteiger partial charge in [0.25, 0.3) is 0 Å². The summed E-state index contributed by atoms with van der Waals surface area (Å²) >= 11 is 1.74. The summed E-state index contributed by atoms with van der Waals surface area (Å²) in [5.41, 5.74) is 0. The molecule has 0 aliphatic rings. The first kappa shape index (κ1) is 13.0. The number of rotatable bonds is 6. The van der Waals surface area contributed by atoms with E-state index >= 15 is 0 Å². The van der Waals surface area contributed by atoms with E-state index in [1.54, 1.807) is 16.2 Å². The van der Waals surface area contributed by atoms with Crippen LogP contribution in [0.2, 0.25) is 0 Å². The highest BCUT2D eigenvalue weighted by atomic mass is 32.1. The first-order valence-corrected chi connectivity index (χ1v) is 6.63. The summed E-state index contributed by atoms with van der Waals surface area (Å²) < 4.78 is 0. The summed E-state index contributed by atoms with van der Waals surface area (Å²) in [6.45, 7) is 3.67. The zero-order valence-electron chi connectivity index (χ0n) is 10.0. The van der Waals surface area contributed by atoms with Gasteiger partial charge in [0.1, 0.15) is 0 Å². The van der Waals surface area contributed by atoms with Crippen molar-refractivity contribution in [3.63, 3.8) is 0 Å². The van der Waals surface area contributed by atoms with Gasteiger partial charge in [0, 0.05) is 25.0 Å². The van der Waals surface area contributed by atoms with Gasteiger partial charge in [0.15, 0.2) is 0 Å². The average Bonchev–Trinajstić information content (AvgIpc) is 2.79. The predicted molar refractivity (Wildman–Crippen MR) is 69.0 cm³/mol. The number of nitrogens with zero attached hydrogens (tertiary/aromatic N) is 1. The predicted octanol–water partition coefficient (Wildman–Crippen LogP) is 2.73. The van der Waals surface area contributed by atoms with Crippen LogP contribution in [-0.4, -0.2) is 31.1 Å². The summed E-state index contributed by atoms with van der Waals surface area (Å²) in [6.07, 6.45) is 3.10. The molecule has 90 valence electrons. The number of hydrogen-bond donors (Lipinski definition) is 1. The van der Waals surface area contributed by atoms with Crippen LogP contribution in [0, 0.1) is 0 Å². The van der Waals surface area contributed by atoms with E-state index in [9.17, 15) is 4.79 Å². The van der Waals surface area contributed by atoms with Crippen molar-refractivity contribution in [1.29, 1.82) is 0 Å². The molecule has 1 heterocycles. The van der Waals surface area contributed by atoms with E-state index in [-0.39, 0.29) is 6.03 Å². The quantitative estimate of drug-likeness (QED) is 0.762. The Morgan fingerprint density at radius 2 is 2.38 bits per heavy atom. The summed E-state index contributed by atoms with van der Waals surface area (Å²) in [7, 11) is 1.84. The maximum Gasteiger partial charge on any atom is 0.317 e. The summed E-state index contributed by atoms with van der Waals surface area (Å²) in [6, 6.07) is 4.18. The van der Waals surface area contributed by atoms with Crippen molar-refractivity contribution in [3.8, 4) is 0 Å². The highest BCUT2D eigenvalue weighted by molar-refractivity contribution is 7.09. The van der Waals surface area contributed by atoms with Gasteiger partial charge in [0.2, 0.25) is 0 Å². The SMILES string of the molecule is CCCCNC(=O)N(C)CCc1cccs1. The molecule has 1 rings (SSSR count). The first-order valence-electron chi connectivity index (χ1n) is 5.75. The second-order valence-electron chi connectivity index (χ2n) is 3.84. The Kier molecular flexibility index (Phi) is 5.93. The number of likely N-dealkylation sites (N-methyl/N-ethyl adjacent to an activating group) is 1. The third-order valence-corrected chi connectivity index (χ3v) is 3.36.